The molecule has 10 heteroatoms. The molecule has 0 bridgehead atoms. The van der Waals surface area contributed by atoms with Crippen LogP contribution in [-0.4, -0.2) is 34.6 Å². The SMILES string of the molecule is CNS(=O)(=O)c1ccc(F)c(C(=O)Nc2ccc(NC(=O)OC)cc2)c1. The van der Waals surface area contributed by atoms with Crippen LogP contribution in [0.4, 0.5) is 20.6 Å². The molecular formula is C16H16FN3O5S. The minimum Gasteiger partial charge on any atom is -0.453 e. The smallest absolute Gasteiger partial charge is 0.411 e. The highest BCUT2D eigenvalue weighted by Crippen LogP contribution is 2.18. The molecule has 0 aliphatic rings. The number of methoxy groups -OCH3 is 1. The number of amides is 2. The number of anilines is 2. The molecule has 0 fully saturated rings. The Labute approximate surface area is 149 Å². The van der Waals surface area contributed by atoms with E-state index in [2.05, 4.69) is 20.1 Å². The quantitative estimate of drug-likeness (QED) is 0.734. The molecule has 0 spiro atoms. The van der Waals surface area contributed by atoms with E-state index in [1.807, 2.05) is 0 Å². The molecule has 0 atom stereocenters. The van der Waals surface area contributed by atoms with Crippen molar-refractivity contribution in [2.75, 3.05) is 24.8 Å². The third-order valence-corrected chi connectivity index (χ3v) is 4.75. The maximum atomic E-state index is 13.9. The zero-order chi connectivity index (χ0) is 19.3. The van der Waals surface area contributed by atoms with Crippen LogP contribution in [0.3, 0.4) is 0 Å². The predicted octanol–water partition coefficient (Wildman–Crippen LogP) is 2.16. The lowest BCUT2D eigenvalue weighted by atomic mass is 10.2. The fraction of sp³-hybridized carbons (Fsp3) is 0.125. The second-order valence-electron chi connectivity index (χ2n) is 5.00. The van der Waals surface area contributed by atoms with Gasteiger partial charge in [0.1, 0.15) is 5.82 Å². The molecule has 0 aromatic heterocycles. The van der Waals surface area contributed by atoms with Crippen molar-refractivity contribution < 1.29 is 27.1 Å². The van der Waals surface area contributed by atoms with E-state index in [4.69, 9.17) is 0 Å². The van der Waals surface area contributed by atoms with E-state index < -0.39 is 33.4 Å². The zero-order valence-corrected chi connectivity index (χ0v) is 14.7. The van der Waals surface area contributed by atoms with Crippen LogP contribution in [0, 0.1) is 5.82 Å². The second-order valence-corrected chi connectivity index (χ2v) is 6.88. The average Bonchev–Trinajstić information content (AvgIpc) is 2.63. The number of sulfonamides is 1. The molecule has 0 aliphatic heterocycles. The molecule has 0 saturated heterocycles. The van der Waals surface area contributed by atoms with Gasteiger partial charge in [-0.1, -0.05) is 0 Å². The molecule has 2 aromatic carbocycles. The number of nitrogens with one attached hydrogen (secondary N) is 3. The van der Waals surface area contributed by atoms with Crippen molar-refractivity contribution in [1.29, 1.82) is 0 Å². The Hall–Kier alpha value is -2.98. The number of carbonyl (C=O) groups is 2. The van der Waals surface area contributed by atoms with E-state index in [0.717, 1.165) is 18.2 Å². The van der Waals surface area contributed by atoms with Gasteiger partial charge in [0.05, 0.1) is 17.6 Å². The monoisotopic (exact) mass is 381 g/mol. The molecule has 26 heavy (non-hydrogen) atoms. The van der Waals surface area contributed by atoms with E-state index in [1.54, 1.807) is 0 Å². The van der Waals surface area contributed by atoms with Crippen molar-refractivity contribution in [1.82, 2.24) is 4.72 Å². The first-order valence-electron chi connectivity index (χ1n) is 7.26. The Kier molecular flexibility index (Phi) is 5.90. The summed E-state index contributed by atoms with van der Waals surface area (Å²) in [5.41, 5.74) is 0.341. The first kappa shape index (κ1) is 19.3. The summed E-state index contributed by atoms with van der Waals surface area (Å²) in [7, 11) is -1.38. The van der Waals surface area contributed by atoms with E-state index in [9.17, 15) is 22.4 Å². The molecular weight excluding hydrogens is 365 g/mol. The van der Waals surface area contributed by atoms with Gasteiger partial charge in [0.2, 0.25) is 10.0 Å². The Bertz CT molecular complexity index is 929. The third kappa shape index (κ3) is 4.55. The normalized spacial score (nSPS) is 10.9. The number of benzene rings is 2. The Morgan fingerprint density at radius 1 is 1.00 bits per heavy atom. The molecule has 0 saturated carbocycles. The molecule has 2 amide bonds. The summed E-state index contributed by atoms with van der Waals surface area (Å²) >= 11 is 0. The second kappa shape index (κ2) is 7.93. The number of halogens is 1. The predicted molar refractivity (Wildman–Crippen MR) is 93.1 cm³/mol. The summed E-state index contributed by atoms with van der Waals surface area (Å²) in [5, 5.41) is 4.89. The van der Waals surface area contributed by atoms with Crippen LogP contribution in [0.2, 0.25) is 0 Å². The van der Waals surface area contributed by atoms with Gasteiger partial charge in [0.15, 0.2) is 0 Å². The number of hydrogen-bond donors (Lipinski definition) is 3. The first-order valence-corrected chi connectivity index (χ1v) is 8.74. The maximum absolute atomic E-state index is 13.9. The van der Waals surface area contributed by atoms with Crippen LogP contribution in [0.5, 0.6) is 0 Å². The summed E-state index contributed by atoms with van der Waals surface area (Å²) in [6.07, 6.45) is -0.647. The number of hydrogen-bond acceptors (Lipinski definition) is 5. The van der Waals surface area contributed by atoms with Gasteiger partial charge in [-0.15, -0.1) is 0 Å². The largest absolute Gasteiger partial charge is 0.453 e. The highest BCUT2D eigenvalue weighted by Gasteiger charge is 2.18. The molecule has 0 heterocycles. The van der Waals surface area contributed by atoms with Crippen LogP contribution >= 0.6 is 0 Å². The van der Waals surface area contributed by atoms with Crippen LogP contribution in [0.25, 0.3) is 0 Å². The van der Waals surface area contributed by atoms with Gasteiger partial charge < -0.3 is 10.1 Å². The number of rotatable bonds is 5. The minimum absolute atomic E-state index is 0.232. The third-order valence-electron chi connectivity index (χ3n) is 3.34. The number of ether oxygens (including phenoxy) is 1. The first-order chi connectivity index (χ1) is 12.3. The molecule has 0 radical (unpaired) electrons. The van der Waals surface area contributed by atoms with E-state index in [1.165, 1.54) is 38.4 Å². The van der Waals surface area contributed by atoms with Crippen molar-refractivity contribution in [3.05, 3.63) is 53.8 Å². The van der Waals surface area contributed by atoms with Gasteiger partial charge in [-0.25, -0.2) is 22.3 Å². The molecule has 2 aromatic rings. The summed E-state index contributed by atoms with van der Waals surface area (Å²) in [6.45, 7) is 0. The van der Waals surface area contributed by atoms with Crippen LogP contribution < -0.4 is 15.4 Å². The molecule has 3 N–H and O–H groups in total. The lowest BCUT2D eigenvalue weighted by Gasteiger charge is -2.09. The lowest BCUT2D eigenvalue weighted by molar-refractivity contribution is 0.102. The van der Waals surface area contributed by atoms with E-state index >= 15 is 0 Å². The Balaban J connectivity index is 2.20. The van der Waals surface area contributed by atoms with Gasteiger partial charge >= 0.3 is 6.09 Å². The highest BCUT2D eigenvalue weighted by atomic mass is 32.2. The maximum Gasteiger partial charge on any atom is 0.411 e. The van der Waals surface area contributed by atoms with Gasteiger partial charge in [-0.3, -0.25) is 10.1 Å². The lowest BCUT2D eigenvalue weighted by Crippen LogP contribution is -2.20. The van der Waals surface area contributed by atoms with Crippen molar-refractivity contribution in [2.45, 2.75) is 4.90 Å². The zero-order valence-electron chi connectivity index (χ0n) is 13.9. The van der Waals surface area contributed by atoms with Crippen LogP contribution in [-0.2, 0) is 14.8 Å². The summed E-state index contributed by atoms with van der Waals surface area (Å²) in [5.74, 6) is -1.68. The average molecular weight is 381 g/mol. The van der Waals surface area contributed by atoms with Crippen molar-refractivity contribution in [2.24, 2.45) is 0 Å². The molecule has 0 aliphatic carbocycles. The van der Waals surface area contributed by atoms with Gasteiger partial charge in [-0.05, 0) is 49.5 Å². The van der Waals surface area contributed by atoms with Crippen LogP contribution in [0.1, 0.15) is 10.4 Å². The van der Waals surface area contributed by atoms with Crippen molar-refractivity contribution >= 4 is 33.4 Å². The summed E-state index contributed by atoms with van der Waals surface area (Å²) < 4.78 is 44.0. The highest BCUT2D eigenvalue weighted by molar-refractivity contribution is 7.89. The molecule has 2 rings (SSSR count). The summed E-state index contributed by atoms with van der Waals surface area (Å²) in [4.78, 5) is 23.1. The molecule has 0 unspecified atom stereocenters. The fourth-order valence-corrected chi connectivity index (χ4v) is 2.72. The molecule has 138 valence electrons. The standard InChI is InChI=1S/C16H16FN3O5S/c1-18-26(23,24)12-7-8-14(17)13(9-12)15(21)19-10-3-5-11(6-4-10)20-16(22)25-2/h3-9,18H,1-2H3,(H,19,21)(H,20,22). The van der Waals surface area contributed by atoms with E-state index in [-0.39, 0.29) is 4.90 Å². The van der Waals surface area contributed by atoms with Gasteiger partial charge in [0.25, 0.3) is 5.91 Å². The Morgan fingerprint density at radius 2 is 1.58 bits per heavy atom. The molecule has 8 nitrogen and oxygen atoms in total. The van der Waals surface area contributed by atoms with Crippen LogP contribution in [0.15, 0.2) is 47.4 Å². The minimum atomic E-state index is -3.81. The Morgan fingerprint density at radius 3 is 2.12 bits per heavy atom. The van der Waals surface area contributed by atoms with Crippen molar-refractivity contribution in [3.63, 3.8) is 0 Å². The van der Waals surface area contributed by atoms with Crippen molar-refractivity contribution in [3.8, 4) is 0 Å². The van der Waals surface area contributed by atoms with Gasteiger partial charge in [0, 0.05) is 11.4 Å². The fourth-order valence-electron chi connectivity index (χ4n) is 1.97. The number of carbonyl (C=O) groups excluding carboxylic acids is 2. The summed E-state index contributed by atoms with van der Waals surface area (Å²) in [6, 6.07) is 8.89. The van der Waals surface area contributed by atoms with E-state index in [0.29, 0.717) is 11.4 Å². The van der Waals surface area contributed by atoms with Gasteiger partial charge in [-0.2, -0.15) is 0 Å². The topological polar surface area (TPSA) is 114 Å².